The Hall–Kier alpha value is -2.92. The van der Waals surface area contributed by atoms with E-state index >= 15 is 0 Å². The van der Waals surface area contributed by atoms with Crippen molar-refractivity contribution in [2.75, 3.05) is 0 Å². The summed E-state index contributed by atoms with van der Waals surface area (Å²) >= 11 is 0. The topological polar surface area (TPSA) is 98.5 Å². The predicted octanol–water partition coefficient (Wildman–Crippen LogP) is 4.38. The molecule has 1 N–H and O–H groups in total. The highest BCUT2D eigenvalue weighted by Gasteiger charge is 2.38. The number of fused-ring (bicyclic) bond motifs is 1. The van der Waals surface area contributed by atoms with Crippen LogP contribution in [0.3, 0.4) is 0 Å². The third kappa shape index (κ3) is 5.53. The van der Waals surface area contributed by atoms with Crippen LogP contribution in [0.15, 0.2) is 58.1 Å². The van der Waals surface area contributed by atoms with Gasteiger partial charge in [0.15, 0.2) is 21.2 Å². The fraction of sp³-hybridized carbons (Fsp3) is 0.364. The van der Waals surface area contributed by atoms with E-state index in [2.05, 4.69) is 15.0 Å². The highest BCUT2D eigenvalue weighted by atomic mass is 32.2. The quantitative estimate of drug-likeness (QED) is 0.560. The second kappa shape index (κ2) is 9.14. The normalized spacial score (nSPS) is 19.5. The van der Waals surface area contributed by atoms with Crippen molar-refractivity contribution >= 4 is 26.7 Å². The predicted molar refractivity (Wildman–Crippen MR) is 112 cm³/mol. The lowest BCUT2D eigenvalue weighted by molar-refractivity contribution is -0.345. The molecule has 7 nitrogen and oxygen atoms in total. The lowest BCUT2D eigenvalue weighted by Crippen LogP contribution is -2.33. The third-order valence-corrected chi connectivity index (χ3v) is 7.89. The lowest BCUT2D eigenvalue weighted by atomic mass is 9.97. The number of nitrogens with zero attached hydrogens (tertiary/aromatic N) is 1. The van der Waals surface area contributed by atoms with E-state index < -0.39 is 33.5 Å². The largest absolute Gasteiger partial charge is 0.522 e. The smallest absolute Gasteiger partial charge is 0.449 e. The van der Waals surface area contributed by atoms with Crippen LogP contribution in [0.5, 0.6) is 0 Å². The van der Waals surface area contributed by atoms with Gasteiger partial charge in [0.1, 0.15) is 0 Å². The number of pyridine rings is 1. The molecular weight excluding hydrogens is 461 g/mol. The van der Waals surface area contributed by atoms with Gasteiger partial charge in [0.05, 0.1) is 22.4 Å². The molecule has 11 heteroatoms. The van der Waals surface area contributed by atoms with Gasteiger partial charge < -0.3 is 9.73 Å². The van der Waals surface area contributed by atoms with Gasteiger partial charge in [-0.3, -0.25) is 14.5 Å². The molecule has 0 spiro atoms. The summed E-state index contributed by atoms with van der Waals surface area (Å²) in [5.74, 6) is -0.275. The summed E-state index contributed by atoms with van der Waals surface area (Å²) in [5, 5.41) is 2.72. The van der Waals surface area contributed by atoms with Gasteiger partial charge in [-0.05, 0) is 55.5 Å². The summed E-state index contributed by atoms with van der Waals surface area (Å²) in [4.78, 5) is 16.4. The zero-order valence-corrected chi connectivity index (χ0v) is 18.2. The number of rotatable bonds is 6. The van der Waals surface area contributed by atoms with Crippen LogP contribution in [-0.2, 0) is 21.1 Å². The van der Waals surface area contributed by atoms with E-state index in [-0.39, 0.29) is 42.9 Å². The molecule has 2 aromatic heterocycles. The number of ether oxygens (including phenoxy) is 1. The van der Waals surface area contributed by atoms with E-state index in [4.69, 9.17) is 4.42 Å². The number of benzene rings is 1. The van der Waals surface area contributed by atoms with Gasteiger partial charge in [-0.15, -0.1) is 13.2 Å². The maximum absolute atomic E-state index is 12.9. The van der Waals surface area contributed by atoms with Gasteiger partial charge in [-0.25, -0.2) is 8.42 Å². The number of aromatic nitrogens is 1. The first-order chi connectivity index (χ1) is 15.6. The van der Waals surface area contributed by atoms with Crippen molar-refractivity contribution in [3.05, 3.63) is 60.1 Å². The molecule has 2 heterocycles. The number of carbonyl (C=O) groups excluding carboxylic acids is 1. The minimum absolute atomic E-state index is 0.0331. The van der Waals surface area contributed by atoms with E-state index in [1.54, 1.807) is 30.5 Å². The molecule has 0 radical (unpaired) electrons. The minimum Gasteiger partial charge on any atom is -0.449 e. The fourth-order valence-corrected chi connectivity index (χ4v) is 5.70. The number of hydrogen-bond acceptors (Lipinski definition) is 6. The fourth-order valence-electron chi connectivity index (χ4n) is 3.90. The minimum atomic E-state index is -4.72. The molecule has 1 fully saturated rings. The first kappa shape index (κ1) is 23.2. The summed E-state index contributed by atoms with van der Waals surface area (Å²) < 4.78 is 72.3. The second-order valence-electron chi connectivity index (χ2n) is 7.86. The molecule has 1 aliphatic rings. The molecule has 3 aromatic rings. The number of nitrogens with one attached hydrogen (secondary N) is 1. The van der Waals surface area contributed by atoms with Crippen LogP contribution >= 0.6 is 0 Å². The zero-order valence-electron chi connectivity index (χ0n) is 17.3. The van der Waals surface area contributed by atoms with Gasteiger partial charge in [0, 0.05) is 18.1 Å². The van der Waals surface area contributed by atoms with Crippen molar-refractivity contribution in [2.24, 2.45) is 0 Å². The van der Waals surface area contributed by atoms with Crippen molar-refractivity contribution in [1.29, 1.82) is 0 Å². The Labute approximate surface area is 187 Å². The summed E-state index contributed by atoms with van der Waals surface area (Å²) in [6, 6.07) is 9.41. The molecule has 1 saturated carbocycles. The Bertz CT molecular complexity index is 1200. The Balaban J connectivity index is 1.34. The first-order valence-electron chi connectivity index (χ1n) is 10.3. The zero-order chi connectivity index (χ0) is 23.6. The van der Waals surface area contributed by atoms with Crippen molar-refractivity contribution < 1.29 is 35.5 Å². The second-order valence-corrected chi connectivity index (χ2v) is 10.1. The molecule has 0 bridgehead atoms. The molecule has 4 rings (SSSR count). The van der Waals surface area contributed by atoms with E-state index in [9.17, 15) is 26.4 Å². The lowest BCUT2D eigenvalue weighted by Gasteiger charge is -2.28. The van der Waals surface area contributed by atoms with Gasteiger partial charge in [0.2, 0.25) is 0 Å². The Kier molecular flexibility index (Phi) is 6.44. The molecule has 1 aliphatic carbocycles. The average Bonchev–Trinajstić information content (AvgIpc) is 3.21. The SMILES string of the molecule is O=C(NCc1ccc(S(=O)(=O)C2CCC(OC(F)(F)F)CC2)cc1)c1cc2ccncc2o1. The molecule has 176 valence electrons. The molecule has 1 amide bonds. The van der Waals surface area contributed by atoms with Crippen molar-refractivity contribution in [1.82, 2.24) is 10.3 Å². The molecule has 0 unspecified atom stereocenters. The summed E-state index contributed by atoms with van der Waals surface area (Å²) in [5.41, 5.74) is 1.18. The van der Waals surface area contributed by atoms with Crippen molar-refractivity contribution in [2.45, 2.75) is 54.8 Å². The Morgan fingerprint density at radius 3 is 2.45 bits per heavy atom. The summed E-state index contributed by atoms with van der Waals surface area (Å²) in [6.07, 6.45) is -2.34. The number of hydrogen-bond donors (Lipinski definition) is 1. The van der Waals surface area contributed by atoms with Crippen molar-refractivity contribution in [3.8, 4) is 0 Å². The van der Waals surface area contributed by atoms with Gasteiger partial charge in [-0.2, -0.15) is 0 Å². The first-order valence-corrected chi connectivity index (χ1v) is 11.9. The molecule has 0 aliphatic heterocycles. The maximum Gasteiger partial charge on any atom is 0.522 e. The Morgan fingerprint density at radius 1 is 1.12 bits per heavy atom. The van der Waals surface area contributed by atoms with E-state index in [0.29, 0.717) is 11.1 Å². The van der Waals surface area contributed by atoms with Gasteiger partial charge >= 0.3 is 6.36 Å². The number of halogens is 3. The number of alkyl halides is 3. The van der Waals surface area contributed by atoms with E-state index in [1.807, 2.05) is 0 Å². The van der Waals surface area contributed by atoms with Crippen LogP contribution in [0.4, 0.5) is 13.2 Å². The van der Waals surface area contributed by atoms with Gasteiger partial charge in [-0.1, -0.05) is 12.1 Å². The number of carbonyl (C=O) groups is 1. The monoisotopic (exact) mass is 482 g/mol. The molecule has 33 heavy (non-hydrogen) atoms. The number of amides is 1. The van der Waals surface area contributed by atoms with Crippen LogP contribution in [-0.4, -0.2) is 37.0 Å². The van der Waals surface area contributed by atoms with E-state index in [1.165, 1.54) is 18.3 Å². The van der Waals surface area contributed by atoms with Crippen LogP contribution in [0.25, 0.3) is 11.0 Å². The van der Waals surface area contributed by atoms with Crippen LogP contribution in [0.2, 0.25) is 0 Å². The molecule has 0 atom stereocenters. The number of sulfone groups is 1. The summed E-state index contributed by atoms with van der Waals surface area (Å²) in [7, 11) is -3.68. The molecule has 0 saturated heterocycles. The van der Waals surface area contributed by atoms with Crippen molar-refractivity contribution in [3.63, 3.8) is 0 Å². The van der Waals surface area contributed by atoms with Crippen LogP contribution in [0, 0.1) is 0 Å². The average molecular weight is 482 g/mol. The third-order valence-electron chi connectivity index (χ3n) is 5.61. The van der Waals surface area contributed by atoms with Crippen LogP contribution < -0.4 is 5.32 Å². The summed E-state index contributed by atoms with van der Waals surface area (Å²) in [6.45, 7) is 0.161. The highest BCUT2D eigenvalue weighted by molar-refractivity contribution is 7.92. The molecule has 1 aromatic carbocycles. The van der Waals surface area contributed by atoms with E-state index in [0.717, 1.165) is 5.39 Å². The standard InChI is InChI=1S/C22H21F3N2O5S/c23-22(24,25)32-16-3-7-18(8-4-16)33(29,30)17-5-1-14(2-6-17)12-27-21(28)19-11-15-9-10-26-13-20(15)31-19/h1-2,5-6,9-11,13,16,18H,3-4,7-8,12H2,(H,27,28). The Morgan fingerprint density at radius 2 is 1.82 bits per heavy atom. The maximum atomic E-state index is 12.9. The number of furan rings is 1. The van der Waals surface area contributed by atoms with Crippen LogP contribution in [0.1, 0.15) is 41.8 Å². The molecular formula is C22H21F3N2O5S. The van der Waals surface area contributed by atoms with Gasteiger partial charge in [0.25, 0.3) is 5.91 Å². The highest BCUT2D eigenvalue weighted by Crippen LogP contribution is 2.33.